The number of nitrogens with zero attached hydrogens (tertiary/aromatic N) is 2. The first-order valence-electron chi connectivity index (χ1n) is 17.4. The number of esters is 4. The van der Waals surface area contributed by atoms with Gasteiger partial charge in [-0.15, -0.1) is 0 Å². The summed E-state index contributed by atoms with van der Waals surface area (Å²) in [7, 11) is 5.26. The van der Waals surface area contributed by atoms with Crippen LogP contribution in [0.25, 0.3) is 38.8 Å². The quantitative estimate of drug-likeness (QED) is 0.211. The largest absolute Gasteiger partial charge is 0.469 e. The molecule has 0 aromatic carbocycles. The number of hydrogen-bond donors (Lipinski definition) is 2. The molecule has 3 aliphatic rings. The van der Waals surface area contributed by atoms with E-state index < -0.39 is 29.2 Å². The van der Waals surface area contributed by atoms with Crippen molar-refractivity contribution in [3.63, 3.8) is 0 Å². The van der Waals surface area contributed by atoms with E-state index in [1.54, 1.807) is 6.08 Å². The number of rotatable bonds is 7. The van der Waals surface area contributed by atoms with Gasteiger partial charge in [-0.25, -0.2) is 14.6 Å². The minimum absolute atomic E-state index is 0.107. The van der Waals surface area contributed by atoms with Gasteiger partial charge in [-0.3, -0.25) is 14.6 Å². The van der Waals surface area contributed by atoms with Crippen LogP contribution in [0, 0.1) is 26.7 Å². The van der Waals surface area contributed by atoms with Crippen LogP contribution in [-0.4, -0.2) is 72.3 Å². The van der Waals surface area contributed by atoms with E-state index in [9.17, 15) is 19.2 Å². The van der Waals surface area contributed by atoms with Gasteiger partial charge in [-0.05, 0) is 105 Å². The fourth-order valence-electron chi connectivity index (χ4n) is 7.95. The minimum atomic E-state index is -1.16. The number of carbonyl (C=O) groups is 4. The maximum absolute atomic E-state index is 13.7. The highest BCUT2D eigenvalue weighted by Crippen LogP contribution is 2.52. The molecular formula is C41H44N4O8. The summed E-state index contributed by atoms with van der Waals surface area (Å²) in [5.74, 6) is -3.23. The lowest BCUT2D eigenvalue weighted by molar-refractivity contribution is -0.149. The predicted octanol–water partition coefficient (Wildman–Crippen LogP) is 6.26. The van der Waals surface area contributed by atoms with Crippen molar-refractivity contribution in [2.24, 2.45) is 5.92 Å². The molecule has 12 nitrogen and oxygen atoms in total. The normalized spacial score (nSPS) is 17.8. The SMILES string of the molecule is CCc1c(C)c2cc3nc(cc4[nH]c(c(C)c5nc(cc1[nH]2)C(C)=C5C(=O)OC)c(CCC(=O)OC)c4C)[C@@]1(C)C3=CC=C(C(=O)OC)[C@H]1C(=O)OC. The molecule has 5 heterocycles. The van der Waals surface area contributed by atoms with E-state index in [1.807, 2.05) is 58.9 Å². The number of methoxy groups -OCH3 is 4. The van der Waals surface area contributed by atoms with Crippen LogP contribution in [-0.2, 0) is 56.4 Å². The summed E-state index contributed by atoms with van der Waals surface area (Å²) < 4.78 is 20.7. The molecular weight excluding hydrogens is 676 g/mol. The summed E-state index contributed by atoms with van der Waals surface area (Å²) in [5, 5.41) is 0. The maximum Gasteiger partial charge on any atom is 0.340 e. The van der Waals surface area contributed by atoms with E-state index in [0.717, 1.165) is 38.9 Å². The molecule has 3 aromatic rings. The predicted molar refractivity (Wildman–Crippen MR) is 200 cm³/mol. The molecule has 0 saturated heterocycles. The van der Waals surface area contributed by atoms with Crippen molar-refractivity contribution in [2.45, 2.75) is 66.2 Å². The third-order valence-corrected chi connectivity index (χ3v) is 11.0. The molecule has 12 heteroatoms. The van der Waals surface area contributed by atoms with Gasteiger partial charge in [0.1, 0.15) is 5.92 Å². The Kier molecular flexibility index (Phi) is 9.76. The summed E-state index contributed by atoms with van der Waals surface area (Å²) in [4.78, 5) is 70.1. The molecule has 0 amide bonds. The molecule has 2 atom stereocenters. The number of nitrogens with one attached hydrogen (secondary N) is 2. The standard InChI is InChI=1S/C41H44N4O8/c1-11-23-19(2)27-17-31-26-14-12-25(38(47)51-8)35(40(49)53-10)41(26,6)32(43-31)18-29-20(3)24(13-15-33(46)50-7)36(44-29)22(5)37-34(39(48)52-9)21(4)28(45-37)16-30(23)42-27/h12,14,16-18,35,42,44H,11,13,15H2,1-10H3/t35-,41+/m0/s1. The average Bonchev–Trinajstić information content (AvgIpc) is 3.83. The summed E-state index contributed by atoms with van der Waals surface area (Å²) in [5.41, 5.74) is 10.3. The number of fused-ring (bicyclic) bond motifs is 11. The van der Waals surface area contributed by atoms with Crippen LogP contribution in [0.2, 0.25) is 0 Å². The van der Waals surface area contributed by atoms with Crippen LogP contribution in [0.4, 0.5) is 0 Å². The number of aryl methyl sites for hydroxylation is 5. The van der Waals surface area contributed by atoms with Crippen molar-refractivity contribution >= 4 is 62.7 Å². The van der Waals surface area contributed by atoms with Crippen LogP contribution in [0.5, 0.6) is 0 Å². The first-order valence-corrected chi connectivity index (χ1v) is 17.4. The molecule has 0 spiro atoms. The third-order valence-electron chi connectivity index (χ3n) is 11.0. The highest BCUT2D eigenvalue weighted by atomic mass is 16.5. The van der Waals surface area contributed by atoms with Crippen LogP contribution in [0.3, 0.4) is 0 Å². The van der Waals surface area contributed by atoms with Crippen LogP contribution in [0.1, 0.15) is 77.8 Å². The number of allylic oxidation sites excluding steroid dienone is 4. The zero-order valence-electron chi connectivity index (χ0n) is 31.7. The monoisotopic (exact) mass is 720 g/mol. The smallest absolute Gasteiger partial charge is 0.340 e. The number of aromatic nitrogens is 4. The molecule has 0 unspecified atom stereocenters. The maximum atomic E-state index is 13.7. The lowest BCUT2D eigenvalue weighted by Crippen LogP contribution is -2.42. The molecule has 1 aliphatic carbocycles. The van der Waals surface area contributed by atoms with Crippen molar-refractivity contribution in [3.8, 4) is 0 Å². The van der Waals surface area contributed by atoms with Gasteiger partial charge >= 0.3 is 23.9 Å². The number of H-pyrrole nitrogens is 2. The molecule has 53 heavy (non-hydrogen) atoms. The lowest BCUT2D eigenvalue weighted by Gasteiger charge is -2.36. The first kappa shape index (κ1) is 37.0. The van der Waals surface area contributed by atoms with Crippen molar-refractivity contribution in [3.05, 3.63) is 86.5 Å². The van der Waals surface area contributed by atoms with Crippen molar-refractivity contribution < 1.29 is 38.1 Å². The van der Waals surface area contributed by atoms with Crippen LogP contribution in [0.15, 0.2) is 35.9 Å². The second-order valence-electron chi connectivity index (χ2n) is 13.6. The van der Waals surface area contributed by atoms with Gasteiger partial charge in [-0.1, -0.05) is 19.1 Å². The molecule has 0 fully saturated rings. The third kappa shape index (κ3) is 5.86. The Labute approximate surface area is 307 Å². The molecule has 2 aliphatic heterocycles. The fourth-order valence-corrected chi connectivity index (χ4v) is 7.95. The van der Waals surface area contributed by atoms with Gasteiger partial charge in [0.25, 0.3) is 0 Å². The van der Waals surface area contributed by atoms with E-state index in [-0.39, 0.29) is 18.0 Å². The number of hydrogen-bond acceptors (Lipinski definition) is 10. The second kappa shape index (κ2) is 14.0. The van der Waals surface area contributed by atoms with E-state index in [2.05, 4.69) is 16.9 Å². The topological polar surface area (TPSA) is 163 Å². The summed E-state index contributed by atoms with van der Waals surface area (Å²) in [6.45, 7) is 11.7. The van der Waals surface area contributed by atoms with Gasteiger partial charge in [-0.2, -0.15) is 0 Å². The molecule has 0 saturated carbocycles. The second-order valence-corrected chi connectivity index (χ2v) is 13.6. The number of ether oxygens (including phenoxy) is 4. The molecule has 3 aromatic heterocycles. The van der Waals surface area contributed by atoms with Gasteiger partial charge in [0.15, 0.2) is 0 Å². The molecule has 276 valence electrons. The van der Waals surface area contributed by atoms with E-state index >= 15 is 0 Å². The number of carbonyl (C=O) groups excluding carboxylic acids is 4. The lowest BCUT2D eigenvalue weighted by atomic mass is 9.64. The fraction of sp³-hybridized carbons (Fsp3) is 0.366. The zero-order valence-corrected chi connectivity index (χ0v) is 31.7. The molecule has 8 bridgehead atoms. The molecule has 0 radical (unpaired) electrons. The summed E-state index contributed by atoms with van der Waals surface area (Å²) in [6, 6.07) is 5.78. The Balaban J connectivity index is 1.83. The van der Waals surface area contributed by atoms with Gasteiger partial charge in [0.05, 0.1) is 67.8 Å². The highest BCUT2D eigenvalue weighted by Gasteiger charge is 2.53. The first-order chi connectivity index (χ1) is 25.2. The summed E-state index contributed by atoms with van der Waals surface area (Å²) >= 11 is 0. The Hall–Kier alpha value is -5.78. The molecule has 2 N–H and O–H groups in total. The van der Waals surface area contributed by atoms with Gasteiger partial charge < -0.3 is 28.9 Å². The van der Waals surface area contributed by atoms with Crippen molar-refractivity contribution in [1.29, 1.82) is 0 Å². The Bertz CT molecular complexity index is 2370. The van der Waals surface area contributed by atoms with Crippen molar-refractivity contribution in [1.82, 2.24) is 19.9 Å². The Morgan fingerprint density at radius 3 is 2.06 bits per heavy atom. The van der Waals surface area contributed by atoms with Crippen molar-refractivity contribution in [2.75, 3.05) is 28.4 Å². The number of aromatic amines is 2. The zero-order chi connectivity index (χ0) is 38.5. The van der Waals surface area contributed by atoms with E-state index in [4.69, 9.17) is 28.9 Å². The van der Waals surface area contributed by atoms with E-state index in [0.29, 0.717) is 63.4 Å². The van der Waals surface area contributed by atoms with Crippen LogP contribution >= 0.6 is 0 Å². The Morgan fingerprint density at radius 1 is 0.755 bits per heavy atom. The summed E-state index contributed by atoms with van der Waals surface area (Å²) in [6.07, 6.45) is 4.58. The van der Waals surface area contributed by atoms with Gasteiger partial charge in [0.2, 0.25) is 0 Å². The van der Waals surface area contributed by atoms with Gasteiger partial charge in [0, 0.05) is 28.5 Å². The Morgan fingerprint density at radius 2 is 1.42 bits per heavy atom. The average molecular weight is 721 g/mol. The molecule has 6 rings (SSSR count). The van der Waals surface area contributed by atoms with E-state index in [1.165, 1.54) is 28.4 Å². The highest BCUT2D eigenvalue weighted by molar-refractivity contribution is 6.25. The van der Waals surface area contributed by atoms with Crippen LogP contribution < -0.4 is 0 Å². The minimum Gasteiger partial charge on any atom is -0.469 e.